The van der Waals surface area contributed by atoms with Crippen LogP contribution in [0.3, 0.4) is 0 Å². The molecule has 2 aromatic rings. The number of rotatable bonds is 2. The predicted molar refractivity (Wildman–Crippen MR) is 89.2 cm³/mol. The summed E-state index contributed by atoms with van der Waals surface area (Å²) in [6.07, 6.45) is 4.52. The highest BCUT2D eigenvalue weighted by atomic mass is 32.1. The first-order chi connectivity index (χ1) is 10.8. The van der Waals surface area contributed by atoms with Gasteiger partial charge in [0, 0.05) is 23.3 Å². The third-order valence-corrected chi connectivity index (χ3v) is 6.18. The van der Waals surface area contributed by atoms with E-state index >= 15 is 0 Å². The highest BCUT2D eigenvalue weighted by Crippen LogP contribution is 2.52. The molecule has 1 aromatic carbocycles. The van der Waals surface area contributed by atoms with Gasteiger partial charge in [-0.2, -0.15) is 0 Å². The quantitative estimate of drug-likeness (QED) is 0.820. The summed E-state index contributed by atoms with van der Waals surface area (Å²) in [6, 6.07) is 10.5. The van der Waals surface area contributed by atoms with E-state index in [-0.39, 0.29) is 5.41 Å². The van der Waals surface area contributed by atoms with Crippen molar-refractivity contribution in [1.82, 2.24) is 4.98 Å². The van der Waals surface area contributed by atoms with E-state index in [0.29, 0.717) is 12.2 Å². The lowest BCUT2D eigenvalue weighted by molar-refractivity contribution is -0.116. The fourth-order valence-corrected chi connectivity index (χ4v) is 5.34. The first-order valence-electron chi connectivity index (χ1n) is 8.01. The van der Waals surface area contributed by atoms with Gasteiger partial charge in [-0.25, -0.2) is 4.98 Å². The molecule has 112 valence electrons. The number of benzene rings is 1. The molecule has 0 aliphatic heterocycles. The Labute approximate surface area is 134 Å². The summed E-state index contributed by atoms with van der Waals surface area (Å²) in [5.41, 5.74) is 6.52. The zero-order valence-electron chi connectivity index (χ0n) is 12.8. The zero-order chi connectivity index (χ0) is 15.2. The summed E-state index contributed by atoms with van der Waals surface area (Å²) in [5.74, 6) is 0.353. The molecule has 22 heavy (non-hydrogen) atoms. The number of Topliss-reactive ketones (excluding diaryl/α,β-unsaturated/α-hetero) is 1. The van der Waals surface area contributed by atoms with Gasteiger partial charge in [-0.05, 0) is 24.8 Å². The second-order valence-corrected chi connectivity index (χ2v) is 7.04. The Balaban J connectivity index is 2.05. The number of fused-ring (bicyclic) bond motifs is 1. The van der Waals surface area contributed by atoms with Crippen LogP contribution in [-0.4, -0.2) is 10.8 Å². The Kier molecular flexibility index (Phi) is 3.26. The smallest absolute Gasteiger partial charge is 0.160 e. The van der Waals surface area contributed by atoms with Crippen LogP contribution in [0.2, 0.25) is 0 Å². The van der Waals surface area contributed by atoms with Crippen molar-refractivity contribution in [2.45, 2.75) is 44.4 Å². The van der Waals surface area contributed by atoms with Gasteiger partial charge in [-0.1, -0.05) is 42.8 Å². The monoisotopic (exact) mass is 309 g/mol. The van der Waals surface area contributed by atoms with E-state index < -0.39 is 0 Å². The maximum Gasteiger partial charge on any atom is 0.160 e. The molecule has 2 nitrogen and oxygen atoms in total. The van der Waals surface area contributed by atoms with Gasteiger partial charge in [-0.3, -0.25) is 4.79 Å². The van der Waals surface area contributed by atoms with Crippen LogP contribution in [0.1, 0.15) is 48.7 Å². The molecule has 0 saturated heterocycles. The highest BCUT2D eigenvalue weighted by Gasteiger charge is 2.47. The minimum atomic E-state index is -0.275. The molecular weight excluding hydrogens is 290 g/mol. The molecule has 0 amide bonds. The van der Waals surface area contributed by atoms with E-state index in [1.807, 2.05) is 11.6 Å². The van der Waals surface area contributed by atoms with Crippen molar-refractivity contribution in [1.29, 1.82) is 0 Å². The number of aromatic nitrogens is 1. The molecule has 1 heterocycles. The van der Waals surface area contributed by atoms with E-state index in [4.69, 9.17) is 0 Å². The van der Waals surface area contributed by atoms with E-state index in [2.05, 4.69) is 36.2 Å². The first kappa shape index (κ1) is 13.9. The molecule has 0 saturated carbocycles. The van der Waals surface area contributed by atoms with Crippen LogP contribution in [0.4, 0.5) is 0 Å². The standard InChI is InChI=1S/C19H19NOS/c1-2-19(14-8-4-3-5-9-14)17-13(7-6-10-16(17)21)11-15-18(19)22-12-20-15/h3-5,8-9,12H,2,6-7,10-11H2,1H3/t19-/m0/s1. The van der Waals surface area contributed by atoms with Gasteiger partial charge in [-0.15, -0.1) is 11.3 Å². The number of ketones is 1. The Morgan fingerprint density at radius 1 is 1.23 bits per heavy atom. The number of hydrogen-bond acceptors (Lipinski definition) is 3. The number of hydrogen-bond donors (Lipinski definition) is 0. The molecule has 4 rings (SSSR count). The summed E-state index contributed by atoms with van der Waals surface area (Å²) in [5, 5.41) is 0. The van der Waals surface area contributed by atoms with Gasteiger partial charge in [0.25, 0.3) is 0 Å². The van der Waals surface area contributed by atoms with E-state index in [1.165, 1.54) is 21.7 Å². The summed E-state index contributed by atoms with van der Waals surface area (Å²) in [7, 11) is 0. The Morgan fingerprint density at radius 3 is 2.82 bits per heavy atom. The minimum Gasteiger partial charge on any atom is -0.295 e. The molecule has 1 atom stereocenters. The number of allylic oxidation sites excluding steroid dienone is 2. The normalized spacial score (nSPS) is 24.1. The summed E-state index contributed by atoms with van der Waals surface area (Å²) in [6.45, 7) is 2.20. The van der Waals surface area contributed by atoms with Gasteiger partial charge >= 0.3 is 0 Å². The van der Waals surface area contributed by atoms with Crippen molar-refractivity contribution in [2.24, 2.45) is 0 Å². The van der Waals surface area contributed by atoms with E-state index in [1.54, 1.807) is 11.3 Å². The van der Waals surface area contributed by atoms with E-state index in [0.717, 1.165) is 31.3 Å². The Bertz CT molecular complexity index is 759. The van der Waals surface area contributed by atoms with Crippen LogP contribution in [0.25, 0.3) is 0 Å². The van der Waals surface area contributed by atoms with Crippen molar-refractivity contribution in [3.63, 3.8) is 0 Å². The van der Waals surface area contributed by atoms with Gasteiger partial charge < -0.3 is 0 Å². The van der Waals surface area contributed by atoms with Crippen molar-refractivity contribution < 1.29 is 4.79 Å². The molecule has 0 spiro atoms. The number of carbonyl (C=O) groups is 1. The van der Waals surface area contributed by atoms with Gasteiger partial charge in [0.15, 0.2) is 5.78 Å². The average molecular weight is 309 g/mol. The Hall–Kier alpha value is -1.74. The van der Waals surface area contributed by atoms with Gasteiger partial charge in [0.05, 0.1) is 16.6 Å². The molecule has 0 N–H and O–H groups in total. The lowest BCUT2D eigenvalue weighted by atomic mass is 9.62. The fraction of sp³-hybridized carbons (Fsp3) is 0.368. The van der Waals surface area contributed by atoms with Gasteiger partial charge in [0.2, 0.25) is 0 Å². The molecule has 0 radical (unpaired) electrons. The van der Waals surface area contributed by atoms with Crippen LogP contribution < -0.4 is 0 Å². The van der Waals surface area contributed by atoms with Crippen molar-refractivity contribution in [3.8, 4) is 0 Å². The molecule has 0 fully saturated rings. The topological polar surface area (TPSA) is 30.0 Å². The summed E-state index contributed by atoms with van der Waals surface area (Å²) >= 11 is 1.71. The fourth-order valence-electron chi connectivity index (χ4n) is 4.22. The number of carbonyl (C=O) groups excluding carboxylic acids is 1. The first-order valence-corrected chi connectivity index (χ1v) is 8.89. The molecular formula is C19H19NOS. The van der Waals surface area contributed by atoms with Crippen LogP contribution in [0.5, 0.6) is 0 Å². The molecule has 2 aliphatic rings. The van der Waals surface area contributed by atoms with Crippen LogP contribution in [0.15, 0.2) is 47.0 Å². The Morgan fingerprint density at radius 2 is 2.05 bits per heavy atom. The van der Waals surface area contributed by atoms with Crippen molar-refractivity contribution in [2.75, 3.05) is 0 Å². The second kappa shape index (κ2) is 5.17. The largest absolute Gasteiger partial charge is 0.295 e. The van der Waals surface area contributed by atoms with Gasteiger partial charge in [0.1, 0.15) is 0 Å². The molecule has 1 aromatic heterocycles. The zero-order valence-corrected chi connectivity index (χ0v) is 13.6. The molecule has 2 aliphatic carbocycles. The van der Waals surface area contributed by atoms with Crippen LogP contribution in [0, 0.1) is 0 Å². The van der Waals surface area contributed by atoms with E-state index in [9.17, 15) is 4.79 Å². The number of nitrogens with zero attached hydrogens (tertiary/aromatic N) is 1. The third kappa shape index (κ3) is 1.78. The van der Waals surface area contributed by atoms with Crippen LogP contribution in [-0.2, 0) is 16.6 Å². The maximum atomic E-state index is 12.8. The summed E-state index contributed by atoms with van der Waals surface area (Å²) < 4.78 is 0. The summed E-state index contributed by atoms with van der Waals surface area (Å²) in [4.78, 5) is 18.7. The molecule has 3 heteroatoms. The maximum absolute atomic E-state index is 12.8. The number of thiazole rings is 1. The van der Waals surface area contributed by atoms with Crippen molar-refractivity contribution >= 4 is 17.1 Å². The van der Waals surface area contributed by atoms with Crippen LogP contribution >= 0.6 is 11.3 Å². The molecule has 0 unspecified atom stereocenters. The molecule has 0 bridgehead atoms. The average Bonchev–Trinajstić information content (AvgIpc) is 3.02. The minimum absolute atomic E-state index is 0.275. The third-order valence-electron chi connectivity index (χ3n) is 5.15. The highest BCUT2D eigenvalue weighted by molar-refractivity contribution is 7.10. The lowest BCUT2D eigenvalue weighted by Gasteiger charge is -2.41. The second-order valence-electron chi connectivity index (χ2n) is 6.19. The lowest BCUT2D eigenvalue weighted by Crippen LogP contribution is -2.39. The van der Waals surface area contributed by atoms with Crippen molar-refractivity contribution in [3.05, 3.63) is 63.1 Å². The SMILES string of the molecule is CC[C@]1(c2ccccc2)C2=C(CCCC2=O)Cc2ncsc21. The predicted octanol–water partition coefficient (Wildman–Crippen LogP) is 4.44.